The Morgan fingerprint density at radius 3 is 2.39 bits per heavy atom. The maximum absolute atomic E-state index is 13.0. The van der Waals surface area contributed by atoms with Crippen LogP contribution in [0.5, 0.6) is 0 Å². The second kappa shape index (κ2) is 6.09. The van der Waals surface area contributed by atoms with Crippen molar-refractivity contribution in [2.24, 2.45) is 0 Å². The molecule has 0 radical (unpaired) electrons. The van der Waals surface area contributed by atoms with Gasteiger partial charge in [0.15, 0.2) is 5.13 Å². The van der Waals surface area contributed by atoms with Crippen molar-refractivity contribution in [2.75, 3.05) is 36.0 Å². The number of rotatable bonds is 2. The molecule has 1 aromatic heterocycles. The summed E-state index contributed by atoms with van der Waals surface area (Å²) in [7, 11) is 0. The van der Waals surface area contributed by atoms with E-state index in [1.54, 1.807) is 11.3 Å². The van der Waals surface area contributed by atoms with E-state index in [4.69, 9.17) is 4.98 Å². The molecule has 6 heteroatoms. The van der Waals surface area contributed by atoms with E-state index in [0.717, 1.165) is 47.0 Å². The van der Waals surface area contributed by atoms with E-state index in [0.29, 0.717) is 0 Å². The van der Waals surface area contributed by atoms with Crippen molar-refractivity contribution < 1.29 is 4.39 Å². The van der Waals surface area contributed by atoms with Gasteiger partial charge >= 0.3 is 0 Å². The number of halogens is 2. The molecule has 2 heterocycles. The molecule has 0 atom stereocenters. The molecule has 1 aliphatic heterocycles. The fraction of sp³-hybridized carbons (Fsp3) is 0.235. The predicted octanol–water partition coefficient (Wildman–Crippen LogP) is 4.52. The van der Waals surface area contributed by atoms with Crippen LogP contribution in [0, 0.1) is 5.82 Å². The highest BCUT2D eigenvalue weighted by Crippen LogP contribution is 2.31. The van der Waals surface area contributed by atoms with Crippen LogP contribution in [0.4, 0.5) is 15.2 Å². The van der Waals surface area contributed by atoms with Gasteiger partial charge in [-0.3, -0.25) is 0 Å². The smallest absolute Gasteiger partial charge is 0.186 e. The zero-order valence-corrected chi connectivity index (χ0v) is 14.8. The lowest BCUT2D eigenvalue weighted by molar-refractivity contribution is 0.624. The van der Waals surface area contributed by atoms with Gasteiger partial charge in [-0.05, 0) is 42.5 Å². The summed E-state index contributed by atoms with van der Waals surface area (Å²) in [4.78, 5) is 9.37. The van der Waals surface area contributed by atoms with Crippen LogP contribution in [0.25, 0.3) is 10.2 Å². The number of hydrogen-bond acceptors (Lipinski definition) is 4. The summed E-state index contributed by atoms with van der Waals surface area (Å²) in [6.07, 6.45) is 0. The minimum Gasteiger partial charge on any atom is -0.368 e. The highest BCUT2D eigenvalue weighted by atomic mass is 79.9. The third kappa shape index (κ3) is 3.05. The van der Waals surface area contributed by atoms with Gasteiger partial charge in [0.1, 0.15) is 5.82 Å². The van der Waals surface area contributed by atoms with Crippen molar-refractivity contribution in [3.63, 3.8) is 0 Å². The Bertz CT molecular complexity index is 825. The SMILES string of the molecule is Fc1ccc(N2CCN(c3nc4ccc(Br)cc4s3)CC2)cc1. The Balaban J connectivity index is 1.48. The third-order valence-electron chi connectivity index (χ3n) is 4.08. The zero-order valence-electron chi connectivity index (χ0n) is 12.4. The van der Waals surface area contributed by atoms with Gasteiger partial charge < -0.3 is 9.80 Å². The highest BCUT2D eigenvalue weighted by Gasteiger charge is 2.20. The molecular formula is C17H15BrFN3S. The van der Waals surface area contributed by atoms with E-state index < -0.39 is 0 Å². The lowest BCUT2D eigenvalue weighted by Gasteiger charge is -2.35. The third-order valence-corrected chi connectivity index (χ3v) is 5.65. The van der Waals surface area contributed by atoms with Gasteiger partial charge in [0.25, 0.3) is 0 Å². The minimum absolute atomic E-state index is 0.187. The molecule has 1 fully saturated rings. The summed E-state index contributed by atoms with van der Waals surface area (Å²) in [6, 6.07) is 12.9. The van der Waals surface area contributed by atoms with E-state index >= 15 is 0 Å². The molecule has 2 aromatic carbocycles. The van der Waals surface area contributed by atoms with Gasteiger partial charge in [-0.15, -0.1) is 0 Å². The largest absolute Gasteiger partial charge is 0.368 e. The van der Waals surface area contributed by atoms with Crippen LogP contribution >= 0.6 is 27.3 Å². The number of thiazole rings is 1. The number of aromatic nitrogens is 1. The molecule has 1 aliphatic rings. The summed E-state index contributed by atoms with van der Waals surface area (Å²) < 4.78 is 15.3. The number of anilines is 2. The van der Waals surface area contributed by atoms with E-state index in [1.165, 1.54) is 16.8 Å². The van der Waals surface area contributed by atoms with E-state index in [9.17, 15) is 4.39 Å². The summed E-state index contributed by atoms with van der Waals surface area (Å²) in [6.45, 7) is 3.70. The van der Waals surface area contributed by atoms with Crippen molar-refractivity contribution in [2.45, 2.75) is 0 Å². The molecular weight excluding hydrogens is 377 g/mol. The summed E-state index contributed by atoms with van der Waals surface area (Å²) in [5.41, 5.74) is 2.13. The quantitative estimate of drug-likeness (QED) is 0.639. The Morgan fingerprint density at radius 2 is 1.65 bits per heavy atom. The van der Waals surface area contributed by atoms with Gasteiger partial charge in [0, 0.05) is 36.3 Å². The van der Waals surface area contributed by atoms with Crippen LogP contribution in [-0.4, -0.2) is 31.2 Å². The Morgan fingerprint density at radius 1 is 0.957 bits per heavy atom. The number of piperazine rings is 1. The first kappa shape index (κ1) is 14.9. The molecule has 0 aliphatic carbocycles. The summed E-state index contributed by atoms with van der Waals surface area (Å²) in [5, 5.41) is 1.08. The van der Waals surface area contributed by atoms with Gasteiger partial charge in [0.2, 0.25) is 0 Å². The van der Waals surface area contributed by atoms with Crippen LogP contribution < -0.4 is 9.80 Å². The average Bonchev–Trinajstić information content (AvgIpc) is 2.99. The lowest BCUT2D eigenvalue weighted by Crippen LogP contribution is -2.46. The number of fused-ring (bicyclic) bond motifs is 1. The molecule has 1 saturated heterocycles. The monoisotopic (exact) mass is 391 g/mol. The zero-order chi connectivity index (χ0) is 15.8. The Kier molecular flexibility index (Phi) is 3.95. The van der Waals surface area contributed by atoms with Crippen molar-refractivity contribution in [1.29, 1.82) is 0 Å². The van der Waals surface area contributed by atoms with Gasteiger partial charge in [-0.2, -0.15) is 0 Å². The topological polar surface area (TPSA) is 19.4 Å². The summed E-state index contributed by atoms with van der Waals surface area (Å²) in [5.74, 6) is -0.187. The first-order chi connectivity index (χ1) is 11.2. The maximum atomic E-state index is 13.0. The fourth-order valence-electron chi connectivity index (χ4n) is 2.83. The minimum atomic E-state index is -0.187. The van der Waals surface area contributed by atoms with Crippen LogP contribution in [-0.2, 0) is 0 Å². The molecule has 3 nitrogen and oxygen atoms in total. The lowest BCUT2D eigenvalue weighted by atomic mass is 10.2. The highest BCUT2D eigenvalue weighted by molar-refractivity contribution is 9.10. The first-order valence-electron chi connectivity index (χ1n) is 7.50. The van der Waals surface area contributed by atoms with Crippen LogP contribution in [0.3, 0.4) is 0 Å². The molecule has 3 aromatic rings. The second-order valence-electron chi connectivity index (χ2n) is 5.56. The van der Waals surface area contributed by atoms with Gasteiger partial charge in [-0.25, -0.2) is 9.37 Å². The molecule has 0 bridgehead atoms. The molecule has 0 saturated carbocycles. The molecule has 4 rings (SSSR count). The summed E-state index contributed by atoms with van der Waals surface area (Å²) >= 11 is 5.24. The maximum Gasteiger partial charge on any atom is 0.186 e. The Hall–Kier alpha value is -1.66. The van der Waals surface area contributed by atoms with Crippen molar-refractivity contribution >= 4 is 48.3 Å². The number of hydrogen-bond donors (Lipinski definition) is 0. The standard InChI is InChI=1S/C17H15BrFN3S/c18-12-1-6-15-16(11-12)23-17(20-15)22-9-7-21(8-10-22)14-4-2-13(19)3-5-14/h1-6,11H,7-10H2. The van der Waals surface area contributed by atoms with Gasteiger partial charge in [0.05, 0.1) is 10.2 Å². The van der Waals surface area contributed by atoms with Crippen molar-refractivity contribution in [3.8, 4) is 0 Å². The molecule has 0 spiro atoms. The number of benzene rings is 2. The molecule has 118 valence electrons. The Labute approximate surface area is 146 Å². The normalized spacial score (nSPS) is 15.4. The molecule has 23 heavy (non-hydrogen) atoms. The average molecular weight is 392 g/mol. The van der Waals surface area contributed by atoms with Gasteiger partial charge in [-0.1, -0.05) is 27.3 Å². The number of nitrogens with zero attached hydrogens (tertiary/aromatic N) is 3. The van der Waals surface area contributed by atoms with Crippen molar-refractivity contribution in [1.82, 2.24) is 4.98 Å². The van der Waals surface area contributed by atoms with Crippen LogP contribution in [0.2, 0.25) is 0 Å². The van der Waals surface area contributed by atoms with Crippen molar-refractivity contribution in [3.05, 3.63) is 52.8 Å². The fourth-order valence-corrected chi connectivity index (χ4v) is 4.40. The molecule has 0 amide bonds. The van der Waals surface area contributed by atoms with Crippen LogP contribution in [0.1, 0.15) is 0 Å². The first-order valence-corrected chi connectivity index (χ1v) is 9.11. The predicted molar refractivity (Wildman–Crippen MR) is 98.1 cm³/mol. The molecule has 0 unspecified atom stereocenters. The van der Waals surface area contributed by atoms with E-state index in [-0.39, 0.29) is 5.82 Å². The van der Waals surface area contributed by atoms with E-state index in [2.05, 4.69) is 31.8 Å². The van der Waals surface area contributed by atoms with Crippen LogP contribution in [0.15, 0.2) is 46.9 Å². The second-order valence-corrected chi connectivity index (χ2v) is 7.48. The van der Waals surface area contributed by atoms with E-state index in [1.807, 2.05) is 24.3 Å². The molecule has 0 N–H and O–H groups in total.